The molecule has 1 atom stereocenters. The van der Waals surface area contributed by atoms with Crippen LogP contribution in [0.25, 0.3) is 22.4 Å². The normalized spacial score (nSPS) is 14.8. The molecule has 4 aromatic rings. The molecule has 3 aromatic heterocycles. The van der Waals surface area contributed by atoms with Crippen molar-refractivity contribution in [1.82, 2.24) is 19.9 Å². The largest absolute Gasteiger partial charge is 0.482 e. The topological polar surface area (TPSA) is 116 Å². The van der Waals surface area contributed by atoms with Gasteiger partial charge < -0.3 is 15.0 Å². The number of aryl methyl sites for hydroxylation is 2. The van der Waals surface area contributed by atoms with Crippen molar-refractivity contribution >= 4 is 5.82 Å². The number of benzene rings is 1. The molecule has 0 saturated heterocycles. The first kappa shape index (κ1) is 18.9. The van der Waals surface area contributed by atoms with Crippen LogP contribution in [-0.2, 0) is 13.5 Å². The summed E-state index contributed by atoms with van der Waals surface area (Å²) in [5.41, 5.74) is 12.5. The molecule has 0 unspecified atom stereocenters. The Morgan fingerprint density at radius 3 is 2.94 bits per heavy atom. The van der Waals surface area contributed by atoms with Gasteiger partial charge in [-0.05, 0) is 19.9 Å². The summed E-state index contributed by atoms with van der Waals surface area (Å²) in [6.45, 7) is 4.02. The predicted octanol–water partition coefficient (Wildman–Crippen LogP) is 3.94. The number of anilines is 1. The number of pyridine rings is 1. The molecule has 0 saturated carbocycles. The molecule has 0 radical (unpaired) electrons. The number of hydrogen-bond acceptors (Lipinski definition) is 7. The molecule has 31 heavy (non-hydrogen) atoms. The standard InChI is InChI=1S/C23H20N6O2/c1-12-4-5-16-17(6-12)13(2)30-20-7-14(10-26-23(20)25)21-18(9-24)28-31-19(21)8-15-11-29(3)27-22(15)16/h4-7,10-11,13H,8H2,1-3H3,(H2,25,26)/t13-/m1/s1. The number of nitrogens with two attached hydrogens (primary N) is 1. The molecule has 8 heteroatoms. The number of nitrogen functional groups attached to an aromatic ring is 1. The zero-order chi connectivity index (χ0) is 21.7. The summed E-state index contributed by atoms with van der Waals surface area (Å²) < 4.78 is 13.6. The van der Waals surface area contributed by atoms with Crippen LogP contribution in [0.5, 0.6) is 5.75 Å². The van der Waals surface area contributed by atoms with Crippen molar-refractivity contribution in [2.75, 3.05) is 5.73 Å². The monoisotopic (exact) mass is 412 g/mol. The second-order valence-corrected chi connectivity index (χ2v) is 7.75. The summed E-state index contributed by atoms with van der Waals surface area (Å²) in [4.78, 5) is 4.30. The van der Waals surface area contributed by atoms with E-state index in [1.54, 1.807) is 16.9 Å². The summed E-state index contributed by atoms with van der Waals surface area (Å²) in [5, 5.41) is 18.3. The van der Waals surface area contributed by atoms with Crippen molar-refractivity contribution in [3.8, 4) is 34.2 Å². The zero-order valence-corrected chi connectivity index (χ0v) is 17.4. The number of aromatic nitrogens is 4. The summed E-state index contributed by atoms with van der Waals surface area (Å²) in [5.74, 6) is 1.28. The molecule has 1 aliphatic rings. The molecular formula is C23H20N6O2. The van der Waals surface area contributed by atoms with E-state index in [9.17, 15) is 5.26 Å². The second-order valence-electron chi connectivity index (χ2n) is 7.75. The lowest BCUT2D eigenvalue weighted by molar-refractivity contribution is 0.228. The van der Waals surface area contributed by atoms with Crippen LogP contribution in [0.1, 0.15) is 41.2 Å². The van der Waals surface area contributed by atoms with Crippen molar-refractivity contribution < 1.29 is 9.26 Å². The molecule has 5 rings (SSSR count). The van der Waals surface area contributed by atoms with Gasteiger partial charge in [-0.15, -0.1) is 0 Å². The lowest BCUT2D eigenvalue weighted by atomic mass is 9.94. The van der Waals surface area contributed by atoms with E-state index in [0.29, 0.717) is 29.1 Å². The number of ether oxygens (including phenoxy) is 1. The first-order chi connectivity index (χ1) is 14.9. The minimum Gasteiger partial charge on any atom is -0.482 e. The minimum absolute atomic E-state index is 0.194. The average Bonchev–Trinajstić information content (AvgIpc) is 3.32. The minimum atomic E-state index is -0.305. The molecule has 8 nitrogen and oxygen atoms in total. The van der Waals surface area contributed by atoms with Crippen molar-refractivity contribution in [2.24, 2.45) is 7.05 Å². The zero-order valence-electron chi connectivity index (χ0n) is 17.4. The Balaban J connectivity index is 1.82. The van der Waals surface area contributed by atoms with Gasteiger partial charge in [0.15, 0.2) is 23.0 Å². The summed E-state index contributed by atoms with van der Waals surface area (Å²) in [6.07, 6.45) is 3.69. The van der Waals surface area contributed by atoms with Crippen LogP contribution in [0.2, 0.25) is 0 Å². The number of nitriles is 1. The fourth-order valence-corrected chi connectivity index (χ4v) is 4.06. The van der Waals surface area contributed by atoms with Crippen molar-refractivity contribution in [2.45, 2.75) is 26.4 Å². The SMILES string of the molecule is Cc1ccc2c(c1)[C@@H](C)Oc1cc(cnc1N)-c1c(C#N)noc1Cc1cn(C)nc1-2. The third-order valence-electron chi connectivity index (χ3n) is 5.50. The van der Waals surface area contributed by atoms with Crippen LogP contribution >= 0.6 is 0 Å². The molecule has 1 aromatic carbocycles. The second kappa shape index (κ2) is 6.99. The Morgan fingerprint density at radius 2 is 2.13 bits per heavy atom. The van der Waals surface area contributed by atoms with Gasteiger partial charge in [-0.1, -0.05) is 28.9 Å². The molecule has 0 spiro atoms. The lowest BCUT2D eigenvalue weighted by Crippen LogP contribution is -2.09. The predicted molar refractivity (Wildman–Crippen MR) is 114 cm³/mol. The van der Waals surface area contributed by atoms with E-state index in [1.807, 2.05) is 27.1 Å². The maximum absolute atomic E-state index is 9.59. The van der Waals surface area contributed by atoms with Gasteiger partial charge in [0, 0.05) is 48.1 Å². The number of fused-ring (bicyclic) bond motifs is 7. The molecule has 0 amide bonds. The Bertz CT molecular complexity index is 1360. The van der Waals surface area contributed by atoms with Gasteiger partial charge in [0.05, 0.1) is 11.3 Å². The van der Waals surface area contributed by atoms with Gasteiger partial charge in [-0.25, -0.2) is 4.98 Å². The molecule has 2 N–H and O–H groups in total. The van der Waals surface area contributed by atoms with Gasteiger partial charge >= 0.3 is 0 Å². The van der Waals surface area contributed by atoms with Crippen molar-refractivity contribution in [1.29, 1.82) is 5.26 Å². The third kappa shape index (κ3) is 3.11. The molecule has 0 aliphatic carbocycles. The van der Waals surface area contributed by atoms with E-state index < -0.39 is 0 Å². The Labute approximate surface area is 178 Å². The van der Waals surface area contributed by atoms with Crippen LogP contribution in [0.4, 0.5) is 5.82 Å². The summed E-state index contributed by atoms with van der Waals surface area (Å²) in [7, 11) is 1.88. The number of nitrogens with zero attached hydrogens (tertiary/aromatic N) is 5. The Morgan fingerprint density at radius 1 is 1.29 bits per heavy atom. The van der Waals surface area contributed by atoms with Crippen LogP contribution in [0.15, 0.2) is 41.2 Å². The quantitative estimate of drug-likeness (QED) is 0.465. The van der Waals surface area contributed by atoms with E-state index in [-0.39, 0.29) is 17.6 Å². The van der Waals surface area contributed by atoms with Gasteiger partial charge in [-0.2, -0.15) is 10.4 Å². The Kier molecular flexibility index (Phi) is 4.26. The average molecular weight is 412 g/mol. The van der Waals surface area contributed by atoms with Crippen LogP contribution in [0.3, 0.4) is 0 Å². The maximum atomic E-state index is 9.59. The van der Waals surface area contributed by atoms with Crippen molar-refractivity contribution in [3.63, 3.8) is 0 Å². The summed E-state index contributed by atoms with van der Waals surface area (Å²) >= 11 is 0. The third-order valence-corrected chi connectivity index (χ3v) is 5.50. The van der Waals surface area contributed by atoms with Gasteiger partial charge in [0.2, 0.25) is 0 Å². The first-order valence-corrected chi connectivity index (χ1v) is 9.89. The fraction of sp³-hybridized carbons (Fsp3) is 0.217. The highest BCUT2D eigenvalue weighted by Crippen LogP contribution is 2.39. The van der Waals surface area contributed by atoms with Crippen LogP contribution in [0, 0.1) is 18.3 Å². The van der Waals surface area contributed by atoms with E-state index in [0.717, 1.165) is 27.9 Å². The van der Waals surface area contributed by atoms with Gasteiger partial charge in [0.1, 0.15) is 12.2 Å². The smallest absolute Gasteiger partial charge is 0.191 e. The maximum Gasteiger partial charge on any atom is 0.191 e. The molecule has 2 bridgehead atoms. The van der Waals surface area contributed by atoms with Crippen LogP contribution in [-0.4, -0.2) is 19.9 Å². The molecule has 4 heterocycles. The lowest BCUT2D eigenvalue weighted by Gasteiger charge is -2.21. The highest BCUT2D eigenvalue weighted by atomic mass is 16.5. The van der Waals surface area contributed by atoms with E-state index in [4.69, 9.17) is 20.1 Å². The highest BCUT2D eigenvalue weighted by Gasteiger charge is 2.25. The Hall–Kier alpha value is -4.12. The molecular weight excluding hydrogens is 392 g/mol. The summed E-state index contributed by atoms with van der Waals surface area (Å²) in [6, 6.07) is 10.1. The van der Waals surface area contributed by atoms with Crippen LogP contribution < -0.4 is 10.5 Å². The molecule has 1 aliphatic heterocycles. The van der Waals surface area contributed by atoms with E-state index in [1.165, 1.54) is 0 Å². The molecule has 154 valence electrons. The highest BCUT2D eigenvalue weighted by molar-refractivity contribution is 5.75. The van der Waals surface area contributed by atoms with E-state index >= 15 is 0 Å². The first-order valence-electron chi connectivity index (χ1n) is 9.89. The van der Waals surface area contributed by atoms with Gasteiger partial charge in [0.25, 0.3) is 0 Å². The van der Waals surface area contributed by atoms with Crippen molar-refractivity contribution in [3.05, 3.63) is 64.8 Å². The number of hydrogen-bond donors (Lipinski definition) is 1. The fourth-order valence-electron chi connectivity index (χ4n) is 4.06. The number of rotatable bonds is 0. The van der Waals surface area contributed by atoms with Gasteiger partial charge in [-0.3, -0.25) is 4.68 Å². The molecule has 0 fully saturated rings. The van der Waals surface area contributed by atoms with E-state index in [2.05, 4.69) is 34.4 Å².